The highest BCUT2D eigenvalue weighted by molar-refractivity contribution is 6.08. The monoisotopic (exact) mass is 472 g/mol. The summed E-state index contributed by atoms with van der Waals surface area (Å²) in [5.74, 6) is 0.105. The van der Waals surface area contributed by atoms with Gasteiger partial charge in [0.05, 0.1) is 5.56 Å². The first-order valence-electron chi connectivity index (χ1n) is 13.7. The highest BCUT2D eigenvalue weighted by Gasteiger charge is 2.23. The number of unbranched alkanes of at least 4 members (excludes halogenated alkanes) is 4. The molecular formula is C30H40N4O. The lowest BCUT2D eigenvalue weighted by molar-refractivity contribution is 0.0957. The predicted octanol–water partition coefficient (Wildman–Crippen LogP) is 5.09. The summed E-state index contributed by atoms with van der Waals surface area (Å²) < 4.78 is 2.44. The van der Waals surface area contributed by atoms with Crippen molar-refractivity contribution in [2.45, 2.75) is 58.0 Å². The molecule has 0 aliphatic carbocycles. The molecule has 1 aromatic heterocycles. The van der Waals surface area contributed by atoms with Gasteiger partial charge in [-0.2, -0.15) is 0 Å². The number of piperazine rings is 1. The van der Waals surface area contributed by atoms with Crippen LogP contribution in [0, 0.1) is 0 Å². The summed E-state index contributed by atoms with van der Waals surface area (Å²) in [5, 5.41) is 4.19. The fourth-order valence-electron chi connectivity index (χ4n) is 5.82. The van der Waals surface area contributed by atoms with Crippen LogP contribution >= 0.6 is 0 Å². The Morgan fingerprint density at radius 3 is 2.26 bits per heavy atom. The first-order valence-corrected chi connectivity index (χ1v) is 13.7. The van der Waals surface area contributed by atoms with Gasteiger partial charge in [-0.1, -0.05) is 67.8 Å². The highest BCUT2D eigenvalue weighted by Crippen LogP contribution is 2.29. The Morgan fingerprint density at radius 2 is 1.43 bits per heavy atom. The van der Waals surface area contributed by atoms with Crippen molar-refractivity contribution in [1.82, 2.24) is 19.7 Å². The maximum atomic E-state index is 12.7. The number of para-hydroxylation sites is 1. The Kier molecular flexibility index (Phi) is 8.17. The predicted molar refractivity (Wildman–Crippen MR) is 144 cm³/mol. The van der Waals surface area contributed by atoms with Gasteiger partial charge in [0, 0.05) is 62.4 Å². The van der Waals surface area contributed by atoms with Gasteiger partial charge >= 0.3 is 0 Å². The van der Waals surface area contributed by atoms with Crippen molar-refractivity contribution in [1.29, 1.82) is 0 Å². The molecule has 2 aromatic carbocycles. The second-order valence-electron chi connectivity index (χ2n) is 10.2. The Hall–Kier alpha value is -2.63. The average molecular weight is 473 g/mol. The zero-order chi connectivity index (χ0) is 23.9. The van der Waals surface area contributed by atoms with Crippen molar-refractivity contribution >= 4 is 16.8 Å². The number of aromatic nitrogens is 1. The van der Waals surface area contributed by atoms with Crippen LogP contribution in [0.15, 0.2) is 54.6 Å². The van der Waals surface area contributed by atoms with Crippen molar-refractivity contribution in [2.75, 3.05) is 39.3 Å². The normalized spacial score (nSPS) is 17.3. The van der Waals surface area contributed by atoms with E-state index in [0.717, 1.165) is 43.4 Å². The van der Waals surface area contributed by atoms with Gasteiger partial charge in [-0.3, -0.25) is 9.69 Å². The number of rotatable bonds is 10. The number of nitrogens with zero attached hydrogens (tertiary/aromatic N) is 3. The summed E-state index contributed by atoms with van der Waals surface area (Å²) in [6.45, 7) is 8.89. The van der Waals surface area contributed by atoms with Crippen LogP contribution in [-0.4, -0.2) is 59.5 Å². The fourth-order valence-corrected chi connectivity index (χ4v) is 5.82. The number of hydrogen-bond donors (Lipinski definition) is 1. The molecular weight excluding hydrogens is 432 g/mol. The molecule has 3 heterocycles. The van der Waals surface area contributed by atoms with Crippen LogP contribution in [0.25, 0.3) is 10.9 Å². The summed E-state index contributed by atoms with van der Waals surface area (Å²) in [4.78, 5) is 17.9. The molecule has 0 saturated carbocycles. The van der Waals surface area contributed by atoms with E-state index < -0.39 is 0 Å². The van der Waals surface area contributed by atoms with Gasteiger partial charge in [-0.25, -0.2) is 0 Å². The van der Waals surface area contributed by atoms with Crippen molar-refractivity contribution in [3.63, 3.8) is 0 Å². The first kappa shape index (κ1) is 24.1. The lowest BCUT2D eigenvalue weighted by Crippen LogP contribution is -2.46. The number of amides is 1. The molecule has 5 heteroatoms. The van der Waals surface area contributed by atoms with E-state index in [1.54, 1.807) is 0 Å². The molecule has 186 valence electrons. The van der Waals surface area contributed by atoms with E-state index in [9.17, 15) is 4.79 Å². The van der Waals surface area contributed by atoms with E-state index >= 15 is 0 Å². The van der Waals surface area contributed by atoms with Crippen LogP contribution in [0.2, 0.25) is 0 Å². The van der Waals surface area contributed by atoms with E-state index in [2.05, 4.69) is 68.2 Å². The summed E-state index contributed by atoms with van der Waals surface area (Å²) in [5.41, 5.74) is 4.81. The summed E-state index contributed by atoms with van der Waals surface area (Å²) >= 11 is 0. The molecule has 3 aromatic rings. The maximum absolute atomic E-state index is 12.7. The van der Waals surface area contributed by atoms with Gasteiger partial charge in [-0.15, -0.1) is 0 Å². The Labute approximate surface area is 210 Å². The average Bonchev–Trinajstić information content (AvgIpc) is 3.07. The molecule has 0 spiro atoms. The van der Waals surface area contributed by atoms with Crippen LogP contribution < -0.4 is 5.32 Å². The van der Waals surface area contributed by atoms with Crippen LogP contribution in [0.3, 0.4) is 0 Å². The van der Waals surface area contributed by atoms with E-state index in [-0.39, 0.29) is 5.91 Å². The van der Waals surface area contributed by atoms with Crippen molar-refractivity contribution in [2.24, 2.45) is 0 Å². The number of carbonyl (C=O) groups excluding carboxylic acids is 1. The third-order valence-electron chi connectivity index (χ3n) is 7.75. The minimum absolute atomic E-state index is 0.105. The number of hydrogen-bond acceptors (Lipinski definition) is 3. The Balaban J connectivity index is 1.02. The second-order valence-corrected chi connectivity index (χ2v) is 10.2. The molecule has 2 aliphatic rings. The van der Waals surface area contributed by atoms with Crippen molar-refractivity contribution in [3.05, 3.63) is 71.4 Å². The molecule has 1 amide bonds. The largest absolute Gasteiger partial charge is 0.352 e. The molecule has 5 nitrogen and oxygen atoms in total. The van der Waals surface area contributed by atoms with E-state index in [4.69, 9.17) is 0 Å². The number of nitrogens with one attached hydrogen (secondary N) is 1. The second kappa shape index (κ2) is 11.9. The third-order valence-corrected chi connectivity index (χ3v) is 7.75. The van der Waals surface area contributed by atoms with Gasteiger partial charge in [0.2, 0.25) is 0 Å². The Bertz CT molecular complexity index is 1100. The smallest absolute Gasteiger partial charge is 0.253 e. The quantitative estimate of drug-likeness (QED) is 0.418. The topological polar surface area (TPSA) is 40.5 Å². The summed E-state index contributed by atoms with van der Waals surface area (Å²) in [6.07, 6.45) is 8.38. The minimum atomic E-state index is 0.105. The zero-order valence-corrected chi connectivity index (χ0v) is 21.1. The maximum Gasteiger partial charge on any atom is 0.253 e. The lowest BCUT2D eigenvalue weighted by Gasteiger charge is -2.34. The molecule has 1 fully saturated rings. The minimum Gasteiger partial charge on any atom is -0.352 e. The van der Waals surface area contributed by atoms with Crippen LogP contribution in [0.5, 0.6) is 0 Å². The highest BCUT2D eigenvalue weighted by atomic mass is 16.1. The van der Waals surface area contributed by atoms with Gasteiger partial charge < -0.3 is 14.8 Å². The molecule has 1 saturated heterocycles. The fraction of sp³-hybridized carbons (Fsp3) is 0.500. The summed E-state index contributed by atoms with van der Waals surface area (Å²) in [6, 6.07) is 19.3. The van der Waals surface area contributed by atoms with Gasteiger partial charge in [0.1, 0.15) is 0 Å². The number of benzene rings is 2. The Morgan fingerprint density at radius 1 is 0.743 bits per heavy atom. The molecule has 0 unspecified atom stereocenters. The van der Waals surface area contributed by atoms with Crippen LogP contribution in [0.1, 0.15) is 60.1 Å². The third kappa shape index (κ3) is 5.96. The number of fused-ring (bicyclic) bond motifs is 3. The van der Waals surface area contributed by atoms with Crippen LogP contribution in [-0.2, 0) is 19.5 Å². The standard InChI is InChI=1S/C30H40N4O/c35-30-29-26-14-7-8-15-27(26)34(28(29)16-11-17-31-30)19-10-3-1-2-9-18-32-20-22-33(23-21-32)24-25-12-5-4-6-13-25/h4-8,12-15H,1-3,9-11,16-24H2,(H,31,35). The van der Waals surface area contributed by atoms with E-state index in [1.165, 1.54) is 81.6 Å². The van der Waals surface area contributed by atoms with E-state index in [1.807, 2.05) is 6.07 Å². The molecule has 1 N–H and O–H groups in total. The van der Waals surface area contributed by atoms with Gasteiger partial charge in [0.25, 0.3) is 5.91 Å². The molecule has 0 bridgehead atoms. The summed E-state index contributed by atoms with van der Waals surface area (Å²) in [7, 11) is 0. The van der Waals surface area contributed by atoms with Gasteiger partial charge in [-0.05, 0) is 43.9 Å². The van der Waals surface area contributed by atoms with Crippen molar-refractivity contribution in [3.8, 4) is 0 Å². The molecule has 35 heavy (non-hydrogen) atoms. The SMILES string of the molecule is O=C1NCCCc2c1c1ccccc1n2CCCCCCCN1CCN(Cc2ccccc2)CC1. The molecule has 0 atom stereocenters. The lowest BCUT2D eigenvalue weighted by atomic mass is 10.1. The molecule has 2 aliphatic heterocycles. The first-order chi connectivity index (χ1) is 17.3. The van der Waals surface area contributed by atoms with Crippen molar-refractivity contribution < 1.29 is 4.79 Å². The van der Waals surface area contributed by atoms with Crippen LogP contribution in [0.4, 0.5) is 0 Å². The number of aryl methyl sites for hydroxylation is 1. The van der Waals surface area contributed by atoms with E-state index in [0.29, 0.717) is 0 Å². The number of carbonyl (C=O) groups is 1. The zero-order valence-electron chi connectivity index (χ0n) is 21.1. The van der Waals surface area contributed by atoms with Gasteiger partial charge in [0.15, 0.2) is 0 Å². The molecule has 0 radical (unpaired) electrons. The molecule has 5 rings (SSSR count).